The van der Waals surface area contributed by atoms with E-state index < -0.39 is 0 Å². The molecule has 0 N–H and O–H groups in total. The SMILES string of the molecule is N#CCn1c(CN2CCN(C(=O)C3CCCO3)CC2)nc2ccccc2c1=O. The number of ether oxygens (including phenoxy) is 1. The fourth-order valence-electron chi connectivity index (χ4n) is 3.87. The lowest BCUT2D eigenvalue weighted by atomic mass is 10.2. The van der Waals surface area contributed by atoms with Gasteiger partial charge in [-0.05, 0) is 25.0 Å². The minimum atomic E-state index is -0.283. The smallest absolute Gasteiger partial charge is 0.262 e. The van der Waals surface area contributed by atoms with Crippen LogP contribution in [0.1, 0.15) is 18.7 Å². The van der Waals surface area contributed by atoms with Crippen LogP contribution in [0, 0.1) is 11.3 Å². The standard InChI is InChI=1S/C20H23N5O3/c21-7-8-25-18(22-16-5-2-1-4-15(16)19(25)26)14-23-9-11-24(12-10-23)20(27)17-6-3-13-28-17/h1-2,4-5,17H,3,6,8-14H2. The first-order valence-electron chi connectivity index (χ1n) is 9.65. The number of fused-ring (bicyclic) bond motifs is 1. The quantitative estimate of drug-likeness (QED) is 0.776. The van der Waals surface area contributed by atoms with Crippen LogP contribution in [0.3, 0.4) is 0 Å². The summed E-state index contributed by atoms with van der Waals surface area (Å²) in [6.07, 6.45) is 1.47. The van der Waals surface area contributed by atoms with Crippen molar-refractivity contribution in [2.24, 2.45) is 0 Å². The normalized spacial score (nSPS) is 20.4. The number of hydrogen-bond acceptors (Lipinski definition) is 6. The van der Waals surface area contributed by atoms with Crippen molar-refractivity contribution < 1.29 is 9.53 Å². The van der Waals surface area contributed by atoms with Gasteiger partial charge in [-0.3, -0.25) is 19.1 Å². The number of amides is 1. The molecule has 4 rings (SSSR count). The molecule has 0 radical (unpaired) electrons. The van der Waals surface area contributed by atoms with Gasteiger partial charge in [0.25, 0.3) is 11.5 Å². The molecular weight excluding hydrogens is 358 g/mol. The van der Waals surface area contributed by atoms with Crippen molar-refractivity contribution in [2.75, 3.05) is 32.8 Å². The lowest BCUT2D eigenvalue weighted by Crippen LogP contribution is -2.51. The second-order valence-electron chi connectivity index (χ2n) is 7.20. The molecule has 0 spiro atoms. The van der Waals surface area contributed by atoms with Crippen LogP contribution in [0.4, 0.5) is 0 Å². The highest BCUT2D eigenvalue weighted by Crippen LogP contribution is 2.17. The van der Waals surface area contributed by atoms with Crippen molar-refractivity contribution >= 4 is 16.8 Å². The Bertz CT molecular complexity index is 966. The molecule has 8 nitrogen and oxygen atoms in total. The maximum atomic E-state index is 12.8. The lowest BCUT2D eigenvalue weighted by molar-refractivity contribution is -0.142. The highest BCUT2D eigenvalue weighted by molar-refractivity contribution is 5.81. The van der Waals surface area contributed by atoms with Crippen molar-refractivity contribution in [3.63, 3.8) is 0 Å². The Morgan fingerprint density at radius 1 is 1.25 bits per heavy atom. The van der Waals surface area contributed by atoms with Gasteiger partial charge in [0.1, 0.15) is 18.5 Å². The van der Waals surface area contributed by atoms with E-state index >= 15 is 0 Å². The average molecular weight is 381 g/mol. The summed E-state index contributed by atoms with van der Waals surface area (Å²) in [5.74, 6) is 0.673. The number of rotatable bonds is 4. The molecule has 2 fully saturated rings. The van der Waals surface area contributed by atoms with Gasteiger partial charge in [-0.25, -0.2) is 4.98 Å². The van der Waals surface area contributed by atoms with Crippen LogP contribution in [0.25, 0.3) is 10.9 Å². The molecule has 0 bridgehead atoms. The lowest BCUT2D eigenvalue weighted by Gasteiger charge is -2.35. The third kappa shape index (κ3) is 3.63. The summed E-state index contributed by atoms with van der Waals surface area (Å²) in [5, 5.41) is 9.66. The first kappa shape index (κ1) is 18.6. The molecule has 0 aliphatic carbocycles. The molecule has 2 aromatic rings. The van der Waals surface area contributed by atoms with E-state index in [9.17, 15) is 9.59 Å². The van der Waals surface area contributed by atoms with Crippen molar-refractivity contribution in [1.82, 2.24) is 19.4 Å². The number of nitriles is 1. The topological polar surface area (TPSA) is 91.5 Å². The van der Waals surface area contributed by atoms with Crippen LogP contribution in [0.15, 0.2) is 29.1 Å². The van der Waals surface area contributed by atoms with Crippen LogP contribution in [0.5, 0.6) is 0 Å². The van der Waals surface area contributed by atoms with E-state index in [4.69, 9.17) is 10.00 Å². The maximum Gasteiger partial charge on any atom is 0.262 e. The first-order chi connectivity index (χ1) is 13.7. The largest absolute Gasteiger partial charge is 0.368 e. The summed E-state index contributed by atoms with van der Waals surface area (Å²) in [4.78, 5) is 33.9. The number of benzene rings is 1. The molecular formula is C20H23N5O3. The van der Waals surface area contributed by atoms with Crippen LogP contribution >= 0.6 is 0 Å². The number of carbonyl (C=O) groups excluding carboxylic acids is 1. The fourth-order valence-corrected chi connectivity index (χ4v) is 3.87. The Labute approximate surface area is 162 Å². The molecule has 1 unspecified atom stereocenters. The van der Waals surface area contributed by atoms with Crippen molar-refractivity contribution in [3.8, 4) is 6.07 Å². The van der Waals surface area contributed by atoms with Gasteiger partial charge in [0.15, 0.2) is 0 Å². The monoisotopic (exact) mass is 381 g/mol. The molecule has 2 aliphatic rings. The molecule has 2 saturated heterocycles. The molecule has 0 saturated carbocycles. The van der Waals surface area contributed by atoms with Gasteiger partial charge < -0.3 is 9.64 Å². The van der Waals surface area contributed by atoms with Gasteiger partial charge in [0.2, 0.25) is 0 Å². The zero-order valence-electron chi connectivity index (χ0n) is 15.7. The zero-order chi connectivity index (χ0) is 19.5. The third-order valence-electron chi connectivity index (χ3n) is 5.42. The molecule has 2 aliphatic heterocycles. The summed E-state index contributed by atoms with van der Waals surface area (Å²) in [5.41, 5.74) is 0.457. The van der Waals surface area contributed by atoms with E-state index in [0.29, 0.717) is 56.1 Å². The van der Waals surface area contributed by atoms with E-state index in [1.165, 1.54) is 4.57 Å². The number of aromatic nitrogens is 2. The van der Waals surface area contributed by atoms with Gasteiger partial charge >= 0.3 is 0 Å². The summed E-state index contributed by atoms with van der Waals surface area (Å²) in [6.45, 7) is 3.79. The molecule has 1 aromatic carbocycles. The Morgan fingerprint density at radius 3 is 2.75 bits per heavy atom. The maximum absolute atomic E-state index is 12.8. The van der Waals surface area contributed by atoms with E-state index in [1.807, 2.05) is 17.0 Å². The van der Waals surface area contributed by atoms with Gasteiger partial charge in [-0.1, -0.05) is 12.1 Å². The number of carbonyl (C=O) groups is 1. The summed E-state index contributed by atoms with van der Waals surface area (Å²) < 4.78 is 6.95. The average Bonchev–Trinajstić information content (AvgIpc) is 3.26. The van der Waals surface area contributed by atoms with E-state index in [-0.39, 0.29) is 24.1 Å². The van der Waals surface area contributed by atoms with Crippen molar-refractivity contribution in [3.05, 3.63) is 40.4 Å². The van der Waals surface area contributed by atoms with E-state index in [2.05, 4.69) is 16.0 Å². The number of nitrogens with zero attached hydrogens (tertiary/aromatic N) is 5. The predicted molar refractivity (Wildman–Crippen MR) is 102 cm³/mol. The number of para-hydroxylation sites is 1. The van der Waals surface area contributed by atoms with Crippen LogP contribution < -0.4 is 5.56 Å². The molecule has 1 amide bonds. The summed E-state index contributed by atoms with van der Waals surface area (Å²) >= 11 is 0. The highest BCUT2D eigenvalue weighted by Gasteiger charge is 2.30. The minimum absolute atomic E-state index is 0.0243. The molecule has 3 heterocycles. The highest BCUT2D eigenvalue weighted by atomic mass is 16.5. The Morgan fingerprint density at radius 2 is 2.04 bits per heavy atom. The second-order valence-corrected chi connectivity index (χ2v) is 7.20. The van der Waals surface area contributed by atoms with Gasteiger partial charge in [0.05, 0.1) is 23.5 Å². The molecule has 1 atom stereocenters. The predicted octanol–water partition coefficient (Wildman–Crippen LogP) is 0.743. The number of hydrogen-bond donors (Lipinski definition) is 0. The molecule has 28 heavy (non-hydrogen) atoms. The molecule has 146 valence electrons. The molecule has 8 heteroatoms. The van der Waals surface area contributed by atoms with Crippen LogP contribution in [0.2, 0.25) is 0 Å². The van der Waals surface area contributed by atoms with Crippen molar-refractivity contribution in [2.45, 2.75) is 32.0 Å². The van der Waals surface area contributed by atoms with Gasteiger partial charge in [-0.15, -0.1) is 0 Å². The summed E-state index contributed by atoms with van der Waals surface area (Å²) in [6, 6.07) is 9.25. The number of piperazine rings is 1. The van der Waals surface area contributed by atoms with Crippen LogP contribution in [-0.4, -0.2) is 64.1 Å². The van der Waals surface area contributed by atoms with Gasteiger partial charge in [0, 0.05) is 32.8 Å². The Hall–Kier alpha value is -2.76. The summed E-state index contributed by atoms with van der Waals surface area (Å²) in [7, 11) is 0. The van der Waals surface area contributed by atoms with E-state index in [0.717, 1.165) is 12.8 Å². The van der Waals surface area contributed by atoms with Crippen molar-refractivity contribution in [1.29, 1.82) is 5.26 Å². The van der Waals surface area contributed by atoms with E-state index in [1.54, 1.807) is 12.1 Å². The first-order valence-corrected chi connectivity index (χ1v) is 9.65. The minimum Gasteiger partial charge on any atom is -0.368 e. The van der Waals surface area contributed by atoms with Crippen LogP contribution in [-0.2, 0) is 22.6 Å². The van der Waals surface area contributed by atoms with Gasteiger partial charge in [-0.2, -0.15) is 5.26 Å². The Balaban J connectivity index is 1.48. The third-order valence-corrected chi connectivity index (χ3v) is 5.42. The second kappa shape index (κ2) is 8.09. The zero-order valence-corrected chi connectivity index (χ0v) is 15.7. The Kier molecular flexibility index (Phi) is 5.37. The molecule has 1 aromatic heterocycles. The fraction of sp³-hybridized carbons (Fsp3) is 0.500.